The second-order valence-corrected chi connectivity index (χ2v) is 5.94. The number of likely N-dealkylation sites (N-methyl/N-ethyl adjacent to an activating group) is 2. The molecule has 1 aliphatic heterocycles. The lowest BCUT2D eigenvalue weighted by molar-refractivity contribution is 0.195. The first-order valence-corrected chi connectivity index (χ1v) is 7.26. The van der Waals surface area contributed by atoms with Crippen molar-refractivity contribution in [2.24, 2.45) is 5.73 Å². The van der Waals surface area contributed by atoms with Gasteiger partial charge in [0, 0.05) is 18.6 Å². The molecular formula is C13H23N3S. The molecule has 3 nitrogen and oxygen atoms in total. The molecule has 1 saturated heterocycles. The molecule has 0 amide bonds. The number of rotatable bonds is 3. The van der Waals surface area contributed by atoms with E-state index in [4.69, 9.17) is 5.73 Å². The van der Waals surface area contributed by atoms with E-state index in [2.05, 4.69) is 40.7 Å². The molecule has 1 aromatic rings. The van der Waals surface area contributed by atoms with Crippen LogP contribution in [0.25, 0.3) is 0 Å². The first-order valence-electron chi connectivity index (χ1n) is 6.32. The molecule has 4 heteroatoms. The zero-order chi connectivity index (χ0) is 12.3. The minimum atomic E-state index is 0.232. The molecule has 2 N–H and O–H groups in total. The van der Waals surface area contributed by atoms with Gasteiger partial charge in [-0.2, -0.15) is 11.3 Å². The minimum absolute atomic E-state index is 0.232. The first-order chi connectivity index (χ1) is 8.16. The van der Waals surface area contributed by atoms with Crippen LogP contribution in [0.4, 0.5) is 0 Å². The maximum Gasteiger partial charge on any atom is 0.0374 e. The van der Waals surface area contributed by atoms with Crippen molar-refractivity contribution >= 4 is 11.3 Å². The Bertz CT molecular complexity index is 325. The molecule has 2 rings (SSSR count). The molecule has 1 fully saturated rings. The van der Waals surface area contributed by atoms with Crippen LogP contribution in [0, 0.1) is 0 Å². The number of thiophene rings is 1. The summed E-state index contributed by atoms with van der Waals surface area (Å²) >= 11 is 1.75. The van der Waals surface area contributed by atoms with E-state index in [9.17, 15) is 0 Å². The van der Waals surface area contributed by atoms with Crippen LogP contribution in [-0.4, -0.2) is 55.6 Å². The first kappa shape index (κ1) is 13.0. The lowest BCUT2D eigenvalue weighted by Crippen LogP contribution is -2.51. The SMILES string of the molecule is CN1CCCN(C)C(C(N)Cc2ccsc2)C1. The summed E-state index contributed by atoms with van der Waals surface area (Å²) in [7, 11) is 4.40. The van der Waals surface area contributed by atoms with Gasteiger partial charge in [0.1, 0.15) is 0 Å². The average Bonchev–Trinajstić information content (AvgIpc) is 2.72. The van der Waals surface area contributed by atoms with Crippen molar-refractivity contribution in [2.75, 3.05) is 33.7 Å². The van der Waals surface area contributed by atoms with E-state index in [1.54, 1.807) is 11.3 Å². The Morgan fingerprint density at radius 3 is 3.00 bits per heavy atom. The summed E-state index contributed by atoms with van der Waals surface area (Å²) < 4.78 is 0. The van der Waals surface area contributed by atoms with Gasteiger partial charge in [0.15, 0.2) is 0 Å². The quantitative estimate of drug-likeness (QED) is 0.880. The number of hydrogen-bond acceptors (Lipinski definition) is 4. The van der Waals surface area contributed by atoms with Crippen molar-refractivity contribution in [2.45, 2.75) is 24.9 Å². The summed E-state index contributed by atoms with van der Waals surface area (Å²) in [5, 5.41) is 4.34. The van der Waals surface area contributed by atoms with Gasteiger partial charge in [0.2, 0.25) is 0 Å². The van der Waals surface area contributed by atoms with Crippen LogP contribution < -0.4 is 5.73 Å². The third-order valence-corrected chi connectivity index (χ3v) is 4.39. The van der Waals surface area contributed by atoms with Gasteiger partial charge in [-0.3, -0.25) is 0 Å². The molecule has 1 aromatic heterocycles. The van der Waals surface area contributed by atoms with Crippen LogP contribution in [0.3, 0.4) is 0 Å². The molecule has 0 saturated carbocycles. The van der Waals surface area contributed by atoms with E-state index < -0.39 is 0 Å². The fraction of sp³-hybridized carbons (Fsp3) is 0.692. The highest BCUT2D eigenvalue weighted by atomic mass is 32.1. The summed E-state index contributed by atoms with van der Waals surface area (Å²) in [4.78, 5) is 4.84. The van der Waals surface area contributed by atoms with Crippen molar-refractivity contribution in [1.29, 1.82) is 0 Å². The van der Waals surface area contributed by atoms with Gasteiger partial charge in [-0.25, -0.2) is 0 Å². The van der Waals surface area contributed by atoms with Crippen LogP contribution in [0.5, 0.6) is 0 Å². The standard InChI is InChI=1S/C13H23N3S/c1-15-5-3-6-16(2)13(9-15)12(14)8-11-4-7-17-10-11/h4,7,10,12-13H,3,5-6,8-9,14H2,1-2H3. The zero-order valence-corrected chi connectivity index (χ0v) is 11.6. The van der Waals surface area contributed by atoms with E-state index in [-0.39, 0.29) is 6.04 Å². The summed E-state index contributed by atoms with van der Waals surface area (Å²) in [6.45, 7) is 3.43. The molecule has 0 radical (unpaired) electrons. The largest absolute Gasteiger partial charge is 0.326 e. The number of hydrogen-bond donors (Lipinski definition) is 1. The zero-order valence-electron chi connectivity index (χ0n) is 10.8. The Balaban J connectivity index is 1.98. The molecule has 2 heterocycles. The molecule has 0 spiro atoms. The molecular weight excluding hydrogens is 230 g/mol. The smallest absolute Gasteiger partial charge is 0.0374 e. The van der Waals surface area contributed by atoms with E-state index >= 15 is 0 Å². The van der Waals surface area contributed by atoms with E-state index in [0.717, 1.165) is 19.5 Å². The molecule has 0 bridgehead atoms. The van der Waals surface area contributed by atoms with Crippen molar-refractivity contribution < 1.29 is 0 Å². The molecule has 17 heavy (non-hydrogen) atoms. The Kier molecular flexibility index (Phi) is 4.56. The molecule has 96 valence electrons. The molecule has 0 aliphatic carbocycles. The van der Waals surface area contributed by atoms with Gasteiger partial charge in [0.25, 0.3) is 0 Å². The third-order valence-electron chi connectivity index (χ3n) is 3.66. The van der Waals surface area contributed by atoms with Crippen molar-refractivity contribution in [1.82, 2.24) is 9.80 Å². The summed E-state index contributed by atoms with van der Waals surface area (Å²) in [5.41, 5.74) is 7.78. The molecule has 2 atom stereocenters. The average molecular weight is 253 g/mol. The fourth-order valence-corrected chi connectivity index (χ4v) is 3.27. The Morgan fingerprint density at radius 2 is 2.29 bits per heavy atom. The maximum absolute atomic E-state index is 6.40. The van der Waals surface area contributed by atoms with Crippen LogP contribution in [0.15, 0.2) is 16.8 Å². The highest BCUT2D eigenvalue weighted by molar-refractivity contribution is 7.07. The van der Waals surface area contributed by atoms with Crippen LogP contribution in [-0.2, 0) is 6.42 Å². The van der Waals surface area contributed by atoms with Gasteiger partial charge in [-0.05, 0) is 62.4 Å². The predicted molar refractivity (Wildman–Crippen MR) is 74.5 cm³/mol. The molecule has 2 unspecified atom stereocenters. The van der Waals surface area contributed by atoms with Crippen LogP contribution >= 0.6 is 11.3 Å². The van der Waals surface area contributed by atoms with Crippen molar-refractivity contribution in [3.05, 3.63) is 22.4 Å². The topological polar surface area (TPSA) is 32.5 Å². The second kappa shape index (κ2) is 5.96. The van der Waals surface area contributed by atoms with Crippen molar-refractivity contribution in [3.8, 4) is 0 Å². The minimum Gasteiger partial charge on any atom is -0.326 e. The monoisotopic (exact) mass is 253 g/mol. The van der Waals surface area contributed by atoms with Crippen LogP contribution in [0.1, 0.15) is 12.0 Å². The van der Waals surface area contributed by atoms with Gasteiger partial charge >= 0.3 is 0 Å². The lowest BCUT2D eigenvalue weighted by atomic mass is 10.0. The normalized spacial score (nSPS) is 25.7. The summed E-state index contributed by atoms with van der Waals surface area (Å²) in [6, 6.07) is 2.89. The predicted octanol–water partition coefficient (Wildman–Crippen LogP) is 1.25. The summed E-state index contributed by atoms with van der Waals surface area (Å²) in [5.74, 6) is 0. The van der Waals surface area contributed by atoms with E-state index in [1.165, 1.54) is 18.5 Å². The van der Waals surface area contributed by atoms with Gasteiger partial charge in [-0.15, -0.1) is 0 Å². The van der Waals surface area contributed by atoms with Gasteiger partial charge in [-0.1, -0.05) is 0 Å². The fourth-order valence-electron chi connectivity index (χ4n) is 2.59. The Labute approximate surface area is 108 Å². The van der Waals surface area contributed by atoms with E-state index in [0.29, 0.717) is 6.04 Å². The second-order valence-electron chi connectivity index (χ2n) is 5.16. The number of nitrogens with zero attached hydrogens (tertiary/aromatic N) is 2. The Morgan fingerprint density at radius 1 is 1.47 bits per heavy atom. The summed E-state index contributed by atoms with van der Waals surface area (Å²) in [6.07, 6.45) is 2.24. The number of nitrogens with two attached hydrogens (primary N) is 1. The Hall–Kier alpha value is -0.420. The van der Waals surface area contributed by atoms with Gasteiger partial charge < -0.3 is 15.5 Å². The lowest BCUT2D eigenvalue weighted by Gasteiger charge is -2.32. The van der Waals surface area contributed by atoms with Crippen LogP contribution in [0.2, 0.25) is 0 Å². The highest BCUT2D eigenvalue weighted by Gasteiger charge is 2.26. The molecule has 1 aliphatic rings. The molecule has 0 aromatic carbocycles. The highest BCUT2D eigenvalue weighted by Crippen LogP contribution is 2.14. The van der Waals surface area contributed by atoms with E-state index in [1.807, 2.05) is 0 Å². The maximum atomic E-state index is 6.40. The van der Waals surface area contributed by atoms with Gasteiger partial charge in [0.05, 0.1) is 0 Å². The van der Waals surface area contributed by atoms with Crippen molar-refractivity contribution in [3.63, 3.8) is 0 Å². The third kappa shape index (κ3) is 3.52.